The SMILES string of the molecule is Cc1cnc2ccc(-c3nc(C(=O)CC[C@H]4CCC(C(=O)C5CC5)C4)c(N)nc3-c3ncco3)cn12. The van der Waals surface area contributed by atoms with Crippen molar-refractivity contribution in [3.05, 3.63) is 48.4 Å². The van der Waals surface area contributed by atoms with E-state index in [0.717, 1.165) is 55.4 Å². The number of ketones is 2. The smallest absolute Gasteiger partial charge is 0.247 e. The number of aryl methyl sites for hydroxylation is 1. The summed E-state index contributed by atoms with van der Waals surface area (Å²) >= 11 is 0. The Morgan fingerprint density at radius 1 is 1.08 bits per heavy atom. The van der Waals surface area contributed by atoms with Crippen LogP contribution in [0.25, 0.3) is 28.5 Å². The van der Waals surface area contributed by atoms with Gasteiger partial charge in [-0.15, -0.1) is 0 Å². The first kappa shape index (κ1) is 22.6. The Balaban J connectivity index is 1.27. The van der Waals surface area contributed by atoms with E-state index < -0.39 is 0 Å². The fourth-order valence-corrected chi connectivity index (χ4v) is 5.34. The van der Waals surface area contributed by atoms with Crippen molar-refractivity contribution >= 4 is 23.0 Å². The lowest BCUT2D eigenvalue weighted by atomic mass is 9.94. The molecular formula is C27H28N6O3. The van der Waals surface area contributed by atoms with E-state index in [0.29, 0.717) is 35.4 Å². The predicted molar refractivity (Wildman–Crippen MR) is 133 cm³/mol. The molecule has 2 N–H and O–H groups in total. The summed E-state index contributed by atoms with van der Waals surface area (Å²) in [6, 6.07) is 3.78. The van der Waals surface area contributed by atoms with E-state index in [2.05, 4.69) is 15.0 Å². The second-order valence-corrected chi connectivity index (χ2v) is 10.1. The van der Waals surface area contributed by atoms with Gasteiger partial charge in [0.05, 0.1) is 6.20 Å². The number of nitrogens with zero attached hydrogens (tertiary/aromatic N) is 5. The molecule has 1 unspecified atom stereocenters. The highest BCUT2D eigenvalue weighted by atomic mass is 16.3. The van der Waals surface area contributed by atoms with Gasteiger partial charge in [0, 0.05) is 41.9 Å². The molecule has 2 saturated carbocycles. The van der Waals surface area contributed by atoms with Gasteiger partial charge in [0.2, 0.25) is 5.89 Å². The van der Waals surface area contributed by atoms with Crippen molar-refractivity contribution in [3.8, 4) is 22.8 Å². The number of nitrogens with two attached hydrogens (primary N) is 1. The Labute approximate surface area is 208 Å². The molecule has 9 nitrogen and oxygen atoms in total. The van der Waals surface area contributed by atoms with Gasteiger partial charge in [0.1, 0.15) is 29.1 Å². The lowest BCUT2D eigenvalue weighted by molar-refractivity contribution is -0.124. The molecule has 4 aromatic heterocycles. The summed E-state index contributed by atoms with van der Waals surface area (Å²) in [6.45, 7) is 1.97. The molecule has 0 saturated heterocycles. The van der Waals surface area contributed by atoms with Crippen LogP contribution in [0.3, 0.4) is 0 Å². The second-order valence-electron chi connectivity index (χ2n) is 10.1. The minimum Gasteiger partial charge on any atom is -0.443 e. The molecule has 2 aliphatic rings. The van der Waals surface area contributed by atoms with Crippen molar-refractivity contribution in [1.82, 2.24) is 24.3 Å². The van der Waals surface area contributed by atoms with Gasteiger partial charge in [-0.3, -0.25) is 9.59 Å². The average molecular weight is 485 g/mol. The van der Waals surface area contributed by atoms with Crippen LogP contribution in [-0.4, -0.2) is 35.9 Å². The third kappa shape index (κ3) is 4.19. The first-order valence-electron chi connectivity index (χ1n) is 12.6. The molecule has 36 heavy (non-hydrogen) atoms. The van der Waals surface area contributed by atoms with Crippen molar-refractivity contribution in [2.75, 3.05) is 5.73 Å². The number of imidazole rings is 1. The van der Waals surface area contributed by atoms with Crippen LogP contribution in [0.4, 0.5) is 5.82 Å². The van der Waals surface area contributed by atoms with Gasteiger partial charge in [-0.25, -0.2) is 19.9 Å². The Morgan fingerprint density at radius 3 is 2.69 bits per heavy atom. The van der Waals surface area contributed by atoms with Crippen LogP contribution in [0.1, 0.15) is 61.1 Å². The average Bonchev–Trinajstić information content (AvgIpc) is 3.24. The molecule has 6 rings (SSSR count). The van der Waals surface area contributed by atoms with E-state index >= 15 is 0 Å². The highest BCUT2D eigenvalue weighted by Gasteiger charge is 2.38. The standard InChI is InChI=1S/C27H28N6O3/c1-15-13-30-21-9-7-19(14-33(15)21)22-24(27-29-10-11-36-27)32-26(28)23(31-22)20(34)8-3-16-2-4-18(12-16)25(35)17-5-6-17/h7,9-11,13-14,16-18H,2-6,8,12H2,1H3,(H2,28,32)/t16-,18?/m1/s1. The highest BCUT2D eigenvalue weighted by Crippen LogP contribution is 2.41. The summed E-state index contributed by atoms with van der Waals surface area (Å²) in [5.74, 6) is 1.50. The Kier molecular flexibility index (Phi) is 5.62. The fraction of sp³-hybridized carbons (Fsp3) is 0.407. The third-order valence-electron chi connectivity index (χ3n) is 7.49. The summed E-state index contributed by atoms with van der Waals surface area (Å²) in [5.41, 5.74) is 9.77. The second kappa shape index (κ2) is 8.96. The molecule has 4 heterocycles. The third-order valence-corrected chi connectivity index (χ3v) is 7.49. The zero-order valence-corrected chi connectivity index (χ0v) is 20.2. The normalized spacial score (nSPS) is 19.7. The highest BCUT2D eigenvalue weighted by molar-refractivity contribution is 5.99. The maximum atomic E-state index is 13.3. The van der Waals surface area contributed by atoms with E-state index in [1.54, 1.807) is 6.20 Å². The molecule has 0 radical (unpaired) electrons. The number of nitrogen functional groups attached to an aromatic ring is 1. The maximum Gasteiger partial charge on any atom is 0.247 e. The first-order valence-corrected chi connectivity index (χ1v) is 12.6. The zero-order valence-electron chi connectivity index (χ0n) is 20.2. The van der Waals surface area contributed by atoms with E-state index in [1.165, 1.54) is 12.5 Å². The van der Waals surface area contributed by atoms with E-state index in [-0.39, 0.29) is 29.1 Å². The van der Waals surface area contributed by atoms with Crippen LogP contribution in [0.2, 0.25) is 0 Å². The number of fused-ring (bicyclic) bond motifs is 1. The van der Waals surface area contributed by atoms with Gasteiger partial charge >= 0.3 is 0 Å². The molecule has 2 fully saturated rings. The monoisotopic (exact) mass is 484 g/mol. The lowest BCUT2D eigenvalue weighted by Gasteiger charge is -2.13. The maximum absolute atomic E-state index is 13.3. The molecule has 2 atom stereocenters. The van der Waals surface area contributed by atoms with Crippen LogP contribution in [0.5, 0.6) is 0 Å². The van der Waals surface area contributed by atoms with E-state index in [1.807, 2.05) is 29.7 Å². The van der Waals surface area contributed by atoms with E-state index in [4.69, 9.17) is 15.1 Å². The number of oxazole rings is 1. The van der Waals surface area contributed by atoms with Crippen molar-refractivity contribution in [2.24, 2.45) is 17.8 Å². The number of Topliss-reactive ketones (excluding diaryl/α,β-unsaturated/α-hetero) is 2. The number of anilines is 1. The van der Waals surface area contributed by atoms with Gasteiger partial charge in [-0.2, -0.15) is 0 Å². The quantitative estimate of drug-likeness (QED) is 0.356. The molecule has 4 aromatic rings. The topological polar surface area (TPSA) is 129 Å². The van der Waals surface area contributed by atoms with Gasteiger partial charge in [0.25, 0.3) is 0 Å². The number of aromatic nitrogens is 5. The molecule has 184 valence electrons. The van der Waals surface area contributed by atoms with E-state index in [9.17, 15) is 9.59 Å². The molecule has 0 spiro atoms. The molecule has 2 aliphatic carbocycles. The van der Waals surface area contributed by atoms with Crippen LogP contribution in [0.15, 0.2) is 41.4 Å². The fourth-order valence-electron chi connectivity index (χ4n) is 5.34. The van der Waals surface area contributed by atoms with Gasteiger partial charge < -0.3 is 14.6 Å². The van der Waals surface area contributed by atoms with Crippen molar-refractivity contribution < 1.29 is 14.0 Å². The lowest BCUT2D eigenvalue weighted by Crippen LogP contribution is -2.14. The number of pyridine rings is 1. The number of hydrogen-bond donors (Lipinski definition) is 1. The molecule has 0 aliphatic heterocycles. The molecule has 9 heteroatoms. The minimum absolute atomic E-state index is 0.0602. The largest absolute Gasteiger partial charge is 0.443 e. The van der Waals surface area contributed by atoms with Crippen molar-refractivity contribution in [2.45, 2.75) is 51.9 Å². The number of carbonyl (C=O) groups is 2. The van der Waals surface area contributed by atoms with Crippen molar-refractivity contribution in [3.63, 3.8) is 0 Å². The van der Waals surface area contributed by atoms with Gasteiger partial charge in [-0.1, -0.05) is 0 Å². The number of rotatable bonds is 8. The molecule has 0 bridgehead atoms. The molecule has 0 aromatic carbocycles. The summed E-state index contributed by atoms with van der Waals surface area (Å²) < 4.78 is 7.45. The summed E-state index contributed by atoms with van der Waals surface area (Å²) in [4.78, 5) is 43.5. The molecular weight excluding hydrogens is 456 g/mol. The summed E-state index contributed by atoms with van der Waals surface area (Å²) in [7, 11) is 0. The summed E-state index contributed by atoms with van der Waals surface area (Å²) in [6.07, 6.45) is 12.7. The predicted octanol–water partition coefficient (Wildman–Crippen LogP) is 4.70. The first-order chi connectivity index (χ1) is 17.5. The Hall–Kier alpha value is -3.88. The summed E-state index contributed by atoms with van der Waals surface area (Å²) in [5, 5.41) is 0. The van der Waals surface area contributed by atoms with Gasteiger partial charge in [0.15, 0.2) is 17.3 Å². The minimum atomic E-state index is -0.142. The van der Waals surface area contributed by atoms with Crippen LogP contribution in [0, 0.1) is 24.7 Å². The van der Waals surface area contributed by atoms with Crippen molar-refractivity contribution in [1.29, 1.82) is 0 Å². The Morgan fingerprint density at radius 2 is 1.92 bits per heavy atom. The zero-order chi connectivity index (χ0) is 24.8. The van der Waals surface area contributed by atoms with Crippen LogP contribution < -0.4 is 5.73 Å². The number of carbonyl (C=O) groups excluding carboxylic acids is 2. The van der Waals surface area contributed by atoms with Crippen LogP contribution >= 0.6 is 0 Å². The Bertz CT molecular complexity index is 1450. The van der Waals surface area contributed by atoms with Crippen LogP contribution in [-0.2, 0) is 4.79 Å². The molecule has 0 amide bonds. The van der Waals surface area contributed by atoms with Gasteiger partial charge in [-0.05, 0) is 63.5 Å². The number of hydrogen-bond acceptors (Lipinski definition) is 8.